The Hall–Kier alpha value is 1.25. The number of thioether (sulfide) groups is 1. The van der Waals surface area contributed by atoms with Gasteiger partial charge in [-0.15, -0.1) is 23.4 Å². The highest BCUT2D eigenvalue weighted by Gasteiger charge is 2.30. The molecule has 0 saturated heterocycles. The lowest BCUT2D eigenvalue weighted by Gasteiger charge is -2.17. The molecular formula is C8H12Cl4S. The number of hydrogen-bond donors (Lipinski definition) is 0. The number of hydrogen-bond acceptors (Lipinski definition) is 1. The maximum Gasteiger partial charge on any atom is 0.215 e. The highest BCUT2D eigenvalue weighted by molar-refractivity contribution is 8.01. The van der Waals surface area contributed by atoms with Crippen LogP contribution in [0, 0.1) is 0 Å². The monoisotopic (exact) mass is 280 g/mol. The summed E-state index contributed by atoms with van der Waals surface area (Å²) in [6.45, 7) is 6.15. The second-order valence-corrected chi connectivity index (χ2v) is 7.11. The summed E-state index contributed by atoms with van der Waals surface area (Å²) in [6.07, 6.45) is 0. The maximum absolute atomic E-state index is 5.85. The van der Waals surface area contributed by atoms with Crippen LogP contribution in [0.3, 0.4) is 0 Å². The largest absolute Gasteiger partial charge is 0.215 e. The van der Waals surface area contributed by atoms with E-state index >= 15 is 0 Å². The fourth-order valence-electron chi connectivity index (χ4n) is 0.437. The zero-order valence-corrected chi connectivity index (χ0v) is 11.5. The molecule has 0 aliphatic heterocycles. The van der Waals surface area contributed by atoms with Crippen LogP contribution in [0.2, 0.25) is 0 Å². The molecule has 5 heteroatoms. The van der Waals surface area contributed by atoms with E-state index in [1.807, 2.05) is 6.92 Å². The van der Waals surface area contributed by atoms with Crippen LogP contribution in [-0.2, 0) is 0 Å². The predicted octanol–water partition coefficient (Wildman–Crippen LogP) is 5.01. The van der Waals surface area contributed by atoms with Crippen molar-refractivity contribution in [2.24, 2.45) is 0 Å². The lowest BCUT2D eigenvalue weighted by atomic mass is 10.2. The minimum atomic E-state index is -1.39. The van der Waals surface area contributed by atoms with E-state index in [2.05, 4.69) is 13.8 Å². The fourth-order valence-corrected chi connectivity index (χ4v) is 2.07. The Labute approximate surface area is 104 Å². The van der Waals surface area contributed by atoms with E-state index in [0.29, 0.717) is 0 Å². The minimum absolute atomic E-state index is 0.508. The maximum atomic E-state index is 5.85. The molecule has 0 aliphatic rings. The smallest absolute Gasteiger partial charge is 0.133 e. The quantitative estimate of drug-likeness (QED) is 0.518. The van der Waals surface area contributed by atoms with E-state index in [0.717, 1.165) is 5.75 Å². The Kier molecular flexibility index (Phi) is 6.54. The van der Waals surface area contributed by atoms with Crippen LogP contribution < -0.4 is 0 Å². The second kappa shape index (κ2) is 5.97. The molecule has 0 spiro atoms. The van der Waals surface area contributed by atoms with Crippen LogP contribution in [0.15, 0.2) is 11.1 Å². The molecule has 0 radical (unpaired) electrons. The molecular weight excluding hydrogens is 270 g/mol. The van der Waals surface area contributed by atoms with E-state index in [-0.39, 0.29) is 0 Å². The zero-order valence-electron chi connectivity index (χ0n) is 7.70. The molecule has 0 N–H and O–H groups in total. The van der Waals surface area contributed by atoms with Gasteiger partial charge in [-0.2, -0.15) is 0 Å². The van der Waals surface area contributed by atoms with Crippen molar-refractivity contribution in [2.75, 3.05) is 5.75 Å². The molecule has 0 bridgehead atoms. The number of allylic oxidation sites excluding steroid dienone is 1. The van der Waals surface area contributed by atoms with Crippen LogP contribution in [0.4, 0.5) is 0 Å². The Morgan fingerprint density at radius 2 is 1.69 bits per heavy atom. The molecule has 0 aromatic rings. The van der Waals surface area contributed by atoms with E-state index in [1.165, 1.54) is 22.9 Å². The second-order valence-electron chi connectivity index (χ2n) is 2.95. The number of halogens is 4. The molecule has 1 unspecified atom stereocenters. The highest BCUT2D eigenvalue weighted by Crippen LogP contribution is 2.40. The molecule has 0 aromatic carbocycles. The summed E-state index contributed by atoms with van der Waals surface area (Å²) < 4.78 is -1.90. The van der Waals surface area contributed by atoms with Gasteiger partial charge in [0.25, 0.3) is 0 Å². The summed E-state index contributed by atoms with van der Waals surface area (Å²) in [5.41, 5.74) is 2.55. The third-order valence-electron chi connectivity index (χ3n) is 1.56. The van der Waals surface area contributed by atoms with Crippen molar-refractivity contribution in [3.63, 3.8) is 0 Å². The van der Waals surface area contributed by atoms with Gasteiger partial charge in [-0.1, -0.05) is 45.9 Å². The van der Waals surface area contributed by atoms with Gasteiger partial charge in [0.05, 0.1) is 0 Å². The van der Waals surface area contributed by atoms with Gasteiger partial charge in [0.15, 0.2) is 0 Å². The summed E-state index contributed by atoms with van der Waals surface area (Å²) in [5.74, 6) is 0.796. The van der Waals surface area contributed by atoms with Crippen molar-refractivity contribution in [2.45, 2.75) is 29.3 Å². The van der Waals surface area contributed by atoms with E-state index in [4.69, 9.17) is 46.4 Å². The molecule has 0 aromatic heterocycles. The Morgan fingerprint density at radius 3 is 2.00 bits per heavy atom. The summed E-state index contributed by atoms with van der Waals surface area (Å²) in [6, 6.07) is 0. The van der Waals surface area contributed by atoms with Crippen LogP contribution in [0.25, 0.3) is 0 Å². The van der Waals surface area contributed by atoms with E-state index in [1.54, 1.807) is 0 Å². The standard InChI is InChI=1S/C8H12Cl4S/c1-5(2)6(3)4-13-7(9)8(10,11)12/h7H,4H2,1-3H3. The van der Waals surface area contributed by atoms with Crippen LogP contribution in [-0.4, -0.2) is 14.3 Å². The van der Waals surface area contributed by atoms with Gasteiger partial charge in [0, 0.05) is 5.75 Å². The van der Waals surface area contributed by atoms with Crippen molar-refractivity contribution in [1.29, 1.82) is 0 Å². The van der Waals surface area contributed by atoms with Gasteiger partial charge in [-0.3, -0.25) is 0 Å². The molecule has 1 atom stereocenters. The first-order valence-electron chi connectivity index (χ1n) is 3.70. The molecule has 0 saturated carbocycles. The average molecular weight is 282 g/mol. The van der Waals surface area contributed by atoms with Crippen molar-refractivity contribution >= 4 is 58.2 Å². The summed E-state index contributed by atoms with van der Waals surface area (Å²) in [4.78, 5) is 0. The Balaban J connectivity index is 3.98. The lowest BCUT2D eigenvalue weighted by molar-refractivity contribution is 1.19. The van der Waals surface area contributed by atoms with Gasteiger partial charge in [-0.25, -0.2) is 0 Å². The normalized spacial score (nSPS) is 14.1. The first-order chi connectivity index (χ1) is 5.75. The van der Waals surface area contributed by atoms with E-state index in [9.17, 15) is 0 Å². The highest BCUT2D eigenvalue weighted by atomic mass is 35.6. The molecule has 0 nitrogen and oxygen atoms in total. The van der Waals surface area contributed by atoms with Crippen molar-refractivity contribution < 1.29 is 0 Å². The van der Waals surface area contributed by atoms with Gasteiger partial charge in [-0.05, 0) is 20.8 Å². The van der Waals surface area contributed by atoms with E-state index < -0.39 is 8.50 Å². The number of alkyl halides is 4. The van der Waals surface area contributed by atoms with Crippen LogP contribution in [0.5, 0.6) is 0 Å². The molecule has 0 rings (SSSR count). The third-order valence-corrected chi connectivity index (χ3v) is 4.89. The summed E-state index contributed by atoms with van der Waals surface area (Å²) in [5, 5.41) is 0. The zero-order chi connectivity index (χ0) is 10.6. The fraction of sp³-hybridized carbons (Fsp3) is 0.750. The van der Waals surface area contributed by atoms with Gasteiger partial charge >= 0.3 is 0 Å². The summed E-state index contributed by atoms with van der Waals surface area (Å²) >= 11 is 24.1. The first kappa shape index (κ1) is 14.2. The molecule has 13 heavy (non-hydrogen) atoms. The van der Waals surface area contributed by atoms with Crippen LogP contribution >= 0.6 is 58.2 Å². The predicted molar refractivity (Wildman–Crippen MR) is 66.4 cm³/mol. The lowest BCUT2D eigenvalue weighted by Crippen LogP contribution is -2.16. The SMILES string of the molecule is CC(C)=C(C)CSC(Cl)C(Cl)(Cl)Cl. The molecule has 0 heterocycles. The van der Waals surface area contributed by atoms with Gasteiger partial charge in [0.2, 0.25) is 3.79 Å². The third kappa shape index (κ3) is 6.35. The van der Waals surface area contributed by atoms with Crippen molar-refractivity contribution in [3.05, 3.63) is 11.1 Å². The van der Waals surface area contributed by atoms with Gasteiger partial charge in [0.1, 0.15) is 4.71 Å². The average Bonchev–Trinajstić information content (AvgIpc) is 1.97. The Bertz CT molecular complexity index is 191. The Morgan fingerprint density at radius 1 is 1.23 bits per heavy atom. The van der Waals surface area contributed by atoms with Crippen molar-refractivity contribution in [1.82, 2.24) is 0 Å². The topological polar surface area (TPSA) is 0 Å². The van der Waals surface area contributed by atoms with Crippen molar-refractivity contribution in [3.8, 4) is 0 Å². The van der Waals surface area contributed by atoms with Gasteiger partial charge < -0.3 is 0 Å². The van der Waals surface area contributed by atoms with Crippen LogP contribution in [0.1, 0.15) is 20.8 Å². The number of rotatable bonds is 3. The first-order valence-corrected chi connectivity index (χ1v) is 6.32. The molecule has 78 valence electrons. The molecule has 0 amide bonds. The molecule has 0 fully saturated rings. The molecule has 0 aliphatic carbocycles. The summed E-state index contributed by atoms with van der Waals surface area (Å²) in [7, 11) is 0. The minimum Gasteiger partial charge on any atom is -0.133 e.